The molecule has 0 aliphatic rings. The van der Waals surface area contributed by atoms with E-state index in [-0.39, 0.29) is 0 Å². The minimum absolute atomic E-state index is 0.467. The number of hydrogen-bond donors (Lipinski definition) is 1. The van der Waals surface area contributed by atoms with Crippen LogP contribution in [0.2, 0.25) is 10.0 Å². The third-order valence-corrected chi connectivity index (χ3v) is 3.28. The highest BCUT2D eigenvalue weighted by Crippen LogP contribution is 2.36. The number of nitrogens with two attached hydrogens (primary N) is 1. The average molecular weight is 282 g/mol. The fourth-order valence-electron chi connectivity index (χ4n) is 1.80. The van der Waals surface area contributed by atoms with Gasteiger partial charge in [0.25, 0.3) is 0 Å². The molecule has 2 nitrogen and oxygen atoms in total. The summed E-state index contributed by atoms with van der Waals surface area (Å²) in [7, 11) is 1.62. The number of halogens is 2. The topological polar surface area (TPSA) is 35.2 Å². The fourth-order valence-corrected chi connectivity index (χ4v) is 2.19. The molecule has 0 saturated carbocycles. The Labute approximate surface area is 116 Å². The van der Waals surface area contributed by atoms with Crippen molar-refractivity contribution in [3.8, 4) is 16.9 Å². The van der Waals surface area contributed by atoms with E-state index in [1.54, 1.807) is 19.2 Å². The summed E-state index contributed by atoms with van der Waals surface area (Å²) >= 11 is 12.2. The maximum absolute atomic E-state index is 6.21. The van der Waals surface area contributed by atoms with E-state index in [4.69, 9.17) is 33.7 Å². The molecule has 2 N–H and O–H groups in total. The van der Waals surface area contributed by atoms with Crippen molar-refractivity contribution in [2.75, 3.05) is 7.11 Å². The summed E-state index contributed by atoms with van der Waals surface area (Å²) in [4.78, 5) is 0. The number of hydrogen-bond acceptors (Lipinski definition) is 2. The third-order valence-electron chi connectivity index (χ3n) is 2.72. The van der Waals surface area contributed by atoms with Crippen molar-refractivity contribution in [2.45, 2.75) is 6.54 Å². The van der Waals surface area contributed by atoms with E-state index >= 15 is 0 Å². The smallest absolute Gasteiger partial charge is 0.126 e. The molecule has 4 heteroatoms. The summed E-state index contributed by atoms with van der Waals surface area (Å²) < 4.78 is 5.35. The lowest BCUT2D eigenvalue weighted by molar-refractivity contribution is 0.416. The predicted molar refractivity (Wildman–Crippen MR) is 76.3 cm³/mol. The minimum Gasteiger partial charge on any atom is -0.496 e. The molecule has 0 aliphatic carbocycles. The van der Waals surface area contributed by atoms with Crippen LogP contribution in [0.25, 0.3) is 11.1 Å². The highest BCUT2D eigenvalue weighted by Gasteiger charge is 2.11. The summed E-state index contributed by atoms with van der Waals surface area (Å²) in [5.41, 5.74) is 8.41. The van der Waals surface area contributed by atoms with Gasteiger partial charge in [0.1, 0.15) is 5.75 Å². The van der Waals surface area contributed by atoms with E-state index in [0.717, 1.165) is 22.4 Å². The first kappa shape index (κ1) is 13.2. The Bertz CT molecular complexity index is 570. The predicted octanol–water partition coefficient (Wildman–Crippen LogP) is 4.13. The summed E-state index contributed by atoms with van der Waals surface area (Å²) in [5.74, 6) is 0.747. The molecule has 0 aromatic heterocycles. The van der Waals surface area contributed by atoms with Crippen LogP contribution in [0.5, 0.6) is 5.75 Å². The van der Waals surface area contributed by atoms with Crippen LogP contribution in [0, 0.1) is 0 Å². The van der Waals surface area contributed by atoms with Gasteiger partial charge in [0.15, 0.2) is 0 Å². The zero-order valence-electron chi connectivity index (χ0n) is 9.91. The van der Waals surface area contributed by atoms with Crippen molar-refractivity contribution in [2.24, 2.45) is 5.73 Å². The van der Waals surface area contributed by atoms with E-state index in [0.29, 0.717) is 16.6 Å². The summed E-state index contributed by atoms with van der Waals surface area (Å²) in [6, 6.07) is 11.1. The molecule has 2 rings (SSSR count). The van der Waals surface area contributed by atoms with Gasteiger partial charge in [-0.15, -0.1) is 0 Å². The fraction of sp³-hybridized carbons (Fsp3) is 0.143. The average Bonchev–Trinajstić information content (AvgIpc) is 2.40. The summed E-state index contributed by atoms with van der Waals surface area (Å²) in [5, 5.41) is 1.27. The van der Waals surface area contributed by atoms with Crippen LogP contribution in [0.3, 0.4) is 0 Å². The van der Waals surface area contributed by atoms with Gasteiger partial charge >= 0.3 is 0 Å². The van der Waals surface area contributed by atoms with Gasteiger partial charge in [-0.1, -0.05) is 29.3 Å². The van der Waals surface area contributed by atoms with Crippen molar-refractivity contribution in [1.82, 2.24) is 0 Å². The zero-order valence-corrected chi connectivity index (χ0v) is 11.4. The Kier molecular flexibility index (Phi) is 4.12. The van der Waals surface area contributed by atoms with Gasteiger partial charge in [-0.2, -0.15) is 0 Å². The Morgan fingerprint density at radius 1 is 1.06 bits per heavy atom. The maximum Gasteiger partial charge on any atom is 0.126 e. The van der Waals surface area contributed by atoms with E-state index in [1.807, 2.05) is 24.3 Å². The molecule has 0 unspecified atom stereocenters. The third kappa shape index (κ3) is 2.61. The standard InChI is InChI=1S/C14H13Cl2NO/c1-18-14-5-2-9(8-17)6-12(14)11-7-10(15)3-4-13(11)16/h2-7H,8,17H2,1H3. The van der Waals surface area contributed by atoms with E-state index < -0.39 is 0 Å². The Balaban J connectivity index is 2.64. The Morgan fingerprint density at radius 3 is 2.50 bits per heavy atom. The first-order chi connectivity index (χ1) is 8.65. The summed E-state index contributed by atoms with van der Waals surface area (Å²) in [6.07, 6.45) is 0. The monoisotopic (exact) mass is 281 g/mol. The number of ether oxygens (including phenoxy) is 1. The number of rotatable bonds is 3. The zero-order chi connectivity index (χ0) is 13.1. The largest absolute Gasteiger partial charge is 0.496 e. The van der Waals surface area contributed by atoms with E-state index in [2.05, 4.69) is 0 Å². The van der Waals surface area contributed by atoms with Crippen molar-refractivity contribution >= 4 is 23.2 Å². The molecule has 2 aromatic carbocycles. The molecule has 0 radical (unpaired) electrons. The molecule has 0 aliphatic heterocycles. The van der Waals surface area contributed by atoms with Gasteiger partial charge < -0.3 is 10.5 Å². The van der Waals surface area contributed by atoms with Gasteiger partial charge in [-0.25, -0.2) is 0 Å². The maximum atomic E-state index is 6.21. The lowest BCUT2D eigenvalue weighted by Gasteiger charge is -2.12. The lowest BCUT2D eigenvalue weighted by atomic mass is 10.0. The molecule has 0 amide bonds. The second-order valence-corrected chi connectivity index (χ2v) is 4.71. The van der Waals surface area contributed by atoms with E-state index in [9.17, 15) is 0 Å². The number of benzene rings is 2. The van der Waals surface area contributed by atoms with Crippen molar-refractivity contribution < 1.29 is 4.74 Å². The Morgan fingerprint density at radius 2 is 1.83 bits per heavy atom. The van der Waals surface area contributed by atoms with Crippen LogP contribution < -0.4 is 10.5 Å². The number of methoxy groups -OCH3 is 1. The molecule has 2 aromatic rings. The van der Waals surface area contributed by atoms with Crippen molar-refractivity contribution in [3.63, 3.8) is 0 Å². The molecule has 0 spiro atoms. The van der Waals surface area contributed by atoms with Gasteiger partial charge in [0.2, 0.25) is 0 Å². The van der Waals surface area contributed by atoms with Crippen molar-refractivity contribution in [3.05, 3.63) is 52.0 Å². The molecule has 0 saturated heterocycles. The molecule has 0 fully saturated rings. The highest BCUT2D eigenvalue weighted by atomic mass is 35.5. The van der Waals surface area contributed by atoms with Crippen LogP contribution in [0.4, 0.5) is 0 Å². The normalized spacial score (nSPS) is 10.4. The highest BCUT2D eigenvalue weighted by molar-refractivity contribution is 6.35. The molecule has 18 heavy (non-hydrogen) atoms. The van der Waals surface area contributed by atoms with E-state index in [1.165, 1.54) is 0 Å². The van der Waals surface area contributed by atoms with Crippen LogP contribution in [0.1, 0.15) is 5.56 Å². The van der Waals surface area contributed by atoms with Crippen LogP contribution in [-0.4, -0.2) is 7.11 Å². The quantitative estimate of drug-likeness (QED) is 0.918. The van der Waals surface area contributed by atoms with Gasteiger partial charge in [0.05, 0.1) is 7.11 Å². The Hall–Kier alpha value is -1.22. The second-order valence-electron chi connectivity index (χ2n) is 3.86. The van der Waals surface area contributed by atoms with Crippen molar-refractivity contribution in [1.29, 1.82) is 0 Å². The first-order valence-corrected chi connectivity index (χ1v) is 6.23. The molecular formula is C14H13Cl2NO. The lowest BCUT2D eigenvalue weighted by Crippen LogP contribution is -1.97. The van der Waals surface area contributed by atoms with Crippen LogP contribution >= 0.6 is 23.2 Å². The minimum atomic E-state index is 0.467. The SMILES string of the molecule is COc1ccc(CN)cc1-c1cc(Cl)ccc1Cl. The van der Waals surface area contributed by atoms with Gasteiger partial charge in [0, 0.05) is 27.7 Å². The van der Waals surface area contributed by atoms with Gasteiger partial charge in [-0.05, 0) is 35.9 Å². The van der Waals surface area contributed by atoms with Crippen LogP contribution in [-0.2, 0) is 6.54 Å². The molecule has 0 atom stereocenters. The molecule has 0 heterocycles. The van der Waals surface area contributed by atoms with Gasteiger partial charge in [-0.3, -0.25) is 0 Å². The molecular weight excluding hydrogens is 269 g/mol. The second kappa shape index (κ2) is 5.61. The molecule has 94 valence electrons. The first-order valence-electron chi connectivity index (χ1n) is 5.48. The molecule has 0 bridgehead atoms. The summed E-state index contributed by atoms with van der Waals surface area (Å²) in [6.45, 7) is 0.467. The van der Waals surface area contributed by atoms with Crippen LogP contribution in [0.15, 0.2) is 36.4 Å².